The summed E-state index contributed by atoms with van der Waals surface area (Å²) >= 11 is 0. The van der Waals surface area contributed by atoms with E-state index >= 15 is 0 Å². The lowest BCUT2D eigenvalue weighted by molar-refractivity contribution is 0.601. The highest BCUT2D eigenvalue weighted by Gasteiger charge is 2.21. The highest BCUT2D eigenvalue weighted by atomic mass is 19.1. The average Bonchev–Trinajstić information content (AvgIpc) is 3.07. The molecule has 0 radical (unpaired) electrons. The summed E-state index contributed by atoms with van der Waals surface area (Å²) < 4.78 is 44.5. The van der Waals surface area contributed by atoms with Crippen LogP contribution in [0.3, 0.4) is 0 Å². The maximum absolute atomic E-state index is 14.2. The van der Waals surface area contributed by atoms with Crippen molar-refractivity contribution in [3.8, 4) is 11.3 Å². The van der Waals surface area contributed by atoms with Crippen molar-refractivity contribution in [1.82, 2.24) is 14.3 Å². The quantitative estimate of drug-likeness (QED) is 0.419. The van der Waals surface area contributed by atoms with Crippen LogP contribution in [0.2, 0.25) is 0 Å². The molecule has 3 aromatic carbocycles. The predicted molar refractivity (Wildman–Crippen MR) is 112 cm³/mol. The van der Waals surface area contributed by atoms with Crippen molar-refractivity contribution in [2.24, 2.45) is 0 Å². The summed E-state index contributed by atoms with van der Waals surface area (Å²) in [5.41, 5.74) is 2.10. The Morgan fingerprint density at radius 3 is 2.35 bits per heavy atom. The van der Waals surface area contributed by atoms with Gasteiger partial charge in [-0.15, -0.1) is 0 Å². The Kier molecular flexibility index (Phi) is 4.58. The Hall–Kier alpha value is -3.87. The molecule has 0 unspecified atom stereocenters. The third-order valence-electron chi connectivity index (χ3n) is 5.29. The number of hydrogen-bond acceptors (Lipinski definition) is 2. The van der Waals surface area contributed by atoms with Gasteiger partial charge in [-0.05, 0) is 42.0 Å². The number of hydrogen-bond donors (Lipinski definition) is 0. The predicted octanol–water partition coefficient (Wildman–Crippen LogP) is 4.82. The molecule has 3 aromatic rings. The Balaban J connectivity index is 1.68. The van der Waals surface area contributed by atoms with Crippen molar-refractivity contribution in [3.05, 3.63) is 112 Å². The number of rotatable bonds is 4. The second-order valence-corrected chi connectivity index (χ2v) is 7.36. The molecule has 2 heterocycles. The summed E-state index contributed by atoms with van der Waals surface area (Å²) in [6, 6.07) is 16.4. The standard InChI is InChI=1S/C24H16F3N3O/c25-17-7-5-15(6-8-17)12-30-24(31)20-14-29(13-16-3-1-2-4-21(16)27)22-10-9-18(26)11-19(22)23(20)28-30/h1-11,14H,12-13H2. The second-order valence-electron chi connectivity index (χ2n) is 7.36. The summed E-state index contributed by atoms with van der Waals surface area (Å²) in [7, 11) is 0. The normalized spacial score (nSPS) is 11.5. The van der Waals surface area contributed by atoms with E-state index in [1.165, 1.54) is 35.0 Å². The first kappa shape index (κ1) is 19.1. The van der Waals surface area contributed by atoms with Crippen LogP contribution < -0.4 is 5.56 Å². The molecule has 7 heteroatoms. The van der Waals surface area contributed by atoms with Crippen LogP contribution in [0.25, 0.3) is 22.2 Å². The van der Waals surface area contributed by atoms with Crippen LogP contribution in [0.4, 0.5) is 13.2 Å². The Morgan fingerprint density at radius 1 is 0.839 bits per heavy atom. The fourth-order valence-corrected chi connectivity index (χ4v) is 3.76. The van der Waals surface area contributed by atoms with Gasteiger partial charge in [0.25, 0.3) is 5.56 Å². The van der Waals surface area contributed by atoms with E-state index in [9.17, 15) is 18.0 Å². The van der Waals surface area contributed by atoms with Gasteiger partial charge in [0, 0.05) is 17.1 Å². The van der Waals surface area contributed by atoms with Gasteiger partial charge < -0.3 is 4.57 Å². The summed E-state index contributed by atoms with van der Waals surface area (Å²) in [4.78, 5) is 13.0. The van der Waals surface area contributed by atoms with Crippen molar-refractivity contribution in [3.63, 3.8) is 0 Å². The first-order chi connectivity index (χ1) is 15.0. The number of aromatic nitrogens is 3. The molecule has 0 N–H and O–H groups in total. The molecule has 0 fully saturated rings. The first-order valence-corrected chi connectivity index (χ1v) is 9.67. The van der Waals surface area contributed by atoms with Crippen molar-refractivity contribution in [2.45, 2.75) is 13.1 Å². The van der Waals surface area contributed by atoms with Gasteiger partial charge in [-0.2, -0.15) is 5.10 Å². The van der Waals surface area contributed by atoms with Gasteiger partial charge in [0.15, 0.2) is 0 Å². The second kappa shape index (κ2) is 7.43. The highest BCUT2D eigenvalue weighted by Crippen LogP contribution is 2.29. The Bertz CT molecular complexity index is 1440. The van der Waals surface area contributed by atoms with Crippen molar-refractivity contribution < 1.29 is 13.2 Å². The molecule has 0 saturated heterocycles. The maximum atomic E-state index is 14.2. The minimum absolute atomic E-state index is 0.151. The zero-order valence-corrected chi connectivity index (χ0v) is 16.2. The van der Waals surface area contributed by atoms with E-state index in [1.807, 2.05) is 0 Å². The van der Waals surface area contributed by atoms with Crippen LogP contribution in [-0.4, -0.2) is 14.3 Å². The zero-order valence-electron chi connectivity index (χ0n) is 16.2. The summed E-state index contributed by atoms with van der Waals surface area (Å²) in [5.74, 6) is -1.19. The molecule has 0 amide bonds. The summed E-state index contributed by atoms with van der Waals surface area (Å²) in [6.45, 7) is 0.325. The lowest BCUT2D eigenvalue weighted by atomic mass is 10.1. The van der Waals surface area contributed by atoms with E-state index in [0.29, 0.717) is 33.3 Å². The van der Waals surface area contributed by atoms with E-state index in [4.69, 9.17) is 0 Å². The molecule has 31 heavy (non-hydrogen) atoms. The van der Waals surface area contributed by atoms with Gasteiger partial charge in [0.1, 0.15) is 23.1 Å². The molecular formula is C24H16F3N3O. The minimum atomic E-state index is -0.460. The van der Waals surface area contributed by atoms with E-state index < -0.39 is 5.82 Å². The van der Waals surface area contributed by atoms with Crippen molar-refractivity contribution >= 4 is 10.9 Å². The van der Waals surface area contributed by atoms with Crippen LogP contribution in [0.1, 0.15) is 11.1 Å². The van der Waals surface area contributed by atoms with Crippen molar-refractivity contribution in [2.75, 3.05) is 0 Å². The Labute approximate surface area is 175 Å². The molecule has 0 aromatic heterocycles. The maximum Gasteiger partial charge on any atom is 0.278 e. The lowest BCUT2D eigenvalue weighted by Crippen LogP contribution is -2.18. The summed E-state index contributed by atoms with van der Waals surface area (Å²) in [5, 5.41) is 4.88. The lowest BCUT2D eigenvalue weighted by Gasteiger charge is -2.14. The fraction of sp³-hybridized carbons (Fsp3) is 0.0833. The smallest absolute Gasteiger partial charge is 0.278 e. The van der Waals surface area contributed by atoms with Gasteiger partial charge in [0.2, 0.25) is 0 Å². The molecule has 2 aliphatic rings. The topological polar surface area (TPSA) is 39.8 Å². The average molecular weight is 419 g/mol. The molecule has 0 atom stereocenters. The molecule has 0 spiro atoms. The summed E-state index contributed by atoms with van der Waals surface area (Å²) in [6.07, 6.45) is 1.62. The molecular weight excluding hydrogens is 403 g/mol. The monoisotopic (exact) mass is 419 g/mol. The third-order valence-corrected chi connectivity index (χ3v) is 5.29. The molecule has 4 nitrogen and oxygen atoms in total. The van der Waals surface area contributed by atoms with Gasteiger partial charge in [-0.1, -0.05) is 30.3 Å². The van der Waals surface area contributed by atoms with Crippen LogP contribution in [0.15, 0.2) is 77.7 Å². The molecule has 0 aliphatic carbocycles. The minimum Gasteiger partial charge on any atom is -0.342 e. The largest absolute Gasteiger partial charge is 0.342 e. The zero-order chi connectivity index (χ0) is 21.5. The molecule has 0 bridgehead atoms. The highest BCUT2D eigenvalue weighted by molar-refractivity contribution is 5.93. The Morgan fingerprint density at radius 2 is 1.58 bits per heavy atom. The first-order valence-electron chi connectivity index (χ1n) is 9.67. The van der Waals surface area contributed by atoms with Crippen LogP contribution in [0.5, 0.6) is 0 Å². The van der Waals surface area contributed by atoms with Crippen LogP contribution in [-0.2, 0) is 13.1 Å². The van der Waals surface area contributed by atoms with Gasteiger partial charge >= 0.3 is 0 Å². The molecule has 154 valence electrons. The number of nitrogens with zero attached hydrogens (tertiary/aromatic N) is 3. The fourth-order valence-electron chi connectivity index (χ4n) is 3.76. The van der Waals surface area contributed by atoms with E-state index in [-0.39, 0.29) is 30.3 Å². The molecule has 5 rings (SSSR count). The van der Waals surface area contributed by atoms with E-state index in [0.717, 1.165) is 0 Å². The number of fused-ring (bicyclic) bond motifs is 3. The number of halogens is 3. The molecule has 0 saturated carbocycles. The van der Waals surface area contributed by atoms with E-state index in [2.05, 4.69) is 5.10 Å². The third kappa shape index (κ3) is 3.48. The number of pyridine rings is 1. The molecule has 2 aliphatic heterocycles. The number of benzene rings is 3. The SMILES string of the molecule is O=c1c2cn(Cc3ccccc3F)c3ccc(F)cc3c-2nn1Cc1ccc(F)cc1. The van der Waals surface area contributed by atoms with Crippen LogP contribution >= 0.6 is 0 Å². The van der Waals surface area contributed by atoms with Gasteiger partial charge in [-0.25, -0.2) is 17.9 Å². The van der Waals surface area contributed by atoms with Crippen molar-refractivity contribution in [1.29, 1.82) is 0 Å². The van der Waals surface area contributed by atoms with Gasteiger partial charge in [0.05, 0.1) is 24.2 Å². The van der Waals surface area contributed by atoms with Crippen LogP contribution in [0, 0.1) is 17.5 Å². The van der Waals surface area contributed by atoms with Gasteiger partial charge in [-0.3, -0.25) is 4.79 Å². The van der Waals surface area contributed by atoms with E-state index in [1.54, 1.807) is 47.2 Å².